The number of nitrogens with two attached hydrogens (primary N) is 1. The third kappa shape index (κ3) is 4.71. The highest BCUT2D eigenvalue weighted by Crippen LogP contribution is 2.20. The molecule has 1 amide bonds. The van der Waals surface area contributed by atoms with E-state index in [1.807, 2.05) is 19.9 Å². The second kappa shape index (κ2) is 8.73. The number of nitrogens with zero attached hydrogens (tertiary/aromatic N) is 1. The Balaban J connectivity index is 1.69. The number of para-hydroxylation sites is 1. The van der Waals surface area contributed by atoms with Gasteiger partial charge in [-0.2, -0.15) is 0 Å². The number of carbonyl (C=O) groups is 2. The van der Waals surface area contributed by atoms with Gasteiger partial charge < -0.3 is 15.0 Å². The van der Waals surface area contributed by atoms with Crippen molar-refractivity contribution < 1.29 is 18.7 Å². The second-order valence-electron chi connectivity index (χ2n) is 6.89. The first-order valence-corrected chi connectivity index (χ1v) is 9.33. The van der Waals surface area contributed by atoms with Gasteiger partial charge in [0.2, 0.25) is 5.78 Å². The number of benzene rings is 2. The standard InChI is InChI=1S/C23H23FN2O3/c1-15-13-20(16(2)26(15)12-11-17-7-9-18(24)10-8-17)21(27)14-29-22-6-4-3-5-19(22)23(25)28/h3-10,13H,11-12,14H2,1-2H3,(H2,25,28). The van der Waals surface area contributed by atoms with Gasteiger partial charge in [0.1, 0.15) is 11.6 Å². The van der Waals surface area contributed by atoms with Gasteiger partial charge in [0.05, 0.1) is 5.56 Å². The molecule has 1 heterocycles. The van der Waals surface area contributed by atoms with Crippen molar-refractivity contribution in [3.63, 3.8) is 0 Å². The zero-order valence-electron chi connectivity index (χ0n) is 16.4. The van der Waals surface area contributed by atoms with Crippen LogP contribution in [0.3, 0.4) is 0 Å². The number of carbonyl (C=O) groups excluding carboxylic acids is 2. The molecule has 29 heavy (non-hydrogen) atoms. The Hall–Kier alpha value is -3.41. The number of rotatable bonds is 8. The summed E-state index contributed by atoms with van der Waals surface area (Å²) in [6, 6.07) is 14.8. The molecule has 3 rings (SSSR count). The Kier molecular flexibility index (Phi) is 6.12. The first kappa shape index (κ1) is 20.3. The molecule has 0 aliphatic carbocycles. The molecule has 0 spiro atoms. The highest BCUT2D eigenvalue weighted by molar-refractivity contribution is 5.99. The van der Waals surface area contributed by atoms with Crippen LogP contribution < -0.4 is 10.5 Å². The predicted octanol–water partition coefficient (Wildman–Crippen LogP) is 3.85. The Morgan fingerprint density at radius 1 is 1.03 bits per heavy atom. The molecule has 0 fully saturated rings. The number of hydrogen-bond donors (Lipinski definition) is 1. The number of halogens is 1. The topological polar surface area (TPSA) is 74.3 Å². The number of aryl methyl sites for hydroxylation is 2. The quantitative estimate of drug-likeness (QED) is 0.590. The molecule has 0 atom stereocenters. The summed E-state index contributed by atoms with van der Waals surface area (Å²) in [5, 5.41) is 0. The molecule has 0 radical (unpaired) electrons. The summed E-state index contributed by atoms with van der Waals surface area (Å²) in [7, 11) is 0. The number of ether oxygens (including phenoxy) is 1. The van der Waals surface area contributed by atoms with Gasteiger partial charge in [0, 0.05) is 23.5 Å². The third-order valence-corrected chi connectivity index (χ3v) is 4.92. The average molecular weight is 394 g/mol. The van der Waals surface area contributed by atoms with Crippen LogP contribution >= 0.6 is 0 Å². The third-order valence-electron chi connectivity index (χ3n) is 4.92. The molecular formula is C23H23FN2O3. The highest BCUT2D eigenvalue weighted by atomic mass is 19.1. The molecule has 2 N–H and O–H groups in total. The van der Waals surface area contributed by atoms with E-state index in [1.54, 1.807) is 36.4 Å². The Morgan fingerprint density at radius 2 is 1.72 bits per heavy atom. The molecule has 3 aromatic rings. The van der Waals surface area contributed by atoms with Crippen molar-refractivity contribution in [1.82, 2.24) is 4.57 Å². The minimum atomic E-state index is -0.605. The van der Waals surface area contributed by atoms with E-state index in [9.17, 15) is 14.0 Å². The number of ketones is 1. The fourth-order valence-corrected chi connectivity index (χ4v) is 3.34. The van der Waals surface area contributed by atoms with Crippen molar-refractivity contribution in [1.29, 1.82) is 0 Å². The number of hydrogen-bond acceptors (Lipinski definition) is 3. The first-order valence-electron chi connectivity index (χ1n) is 9.33. The smallest absolute Gasteiger partial charge is 0.252 e. The lowest BCUT2D eigenvalue weighted by molar-refractivity contribution is 0.0911. The monoisotopic (exact) mass is 394 g/mol. The van der Waals surface area contributed by atoms with E-state index in [0.29, 0.717) is 17.9 Å². The van der Waals surface area contributed by atoms with E-state index >= 15 is 0 Å². The Bertz CT molecular complexity index is 1040. The van der Waals surface area contributed by atoms with E-state index in [-0.39, 0.29) is 23.8 Å². The maximum atomic E-state index is 13.1. The first-order chi connectivity index (χ1) is 13.9. The van der Waals surface area contributed by atoms with E-state index < -0.39 is 5.91 Å². The van der Waals surface area contributed by atoms with Crippen molar-refractivity contribution in [3.05, 3.63) is 88.5 Å². The van der Waals surface area contributed by atoms with Crippen molar-refractivity contribution in [2.45, 2.75) is 26.8 Å². The average Bonchev–Trinajstić information content (AvgIpc) is 2.99. The molecule has 5 nitrogen and oxygen atoms in total. The predicted molar refractivity (Wildman–Crippen MR) is 109 cm³/mol. The van der Waals surface area contributed by atoms with Gasteiger partial charge in [-0.05, 0) is 56.2 Å². The van der Waals surface area contributed by atoms with Crippen LogP contribution in [0.4, 0.5) is 4.39 Å². The molecule has 1 aromatic heterocycles. The van der Waals surface area contributed by atoms with Gasteiger partial charge in [-0.15, -0.1) is 0 Å². The molecule has 6 heteroatoms. The van der Waals surface area contributed by atoms with Crippen LogP contribution in [0.15, 0.2) is 54.6 Å². The second-order valence-corrected chi connectivity index (χ2v) is 6.89. The lowest BCUT2D eigenvalue weighted by Crippen LogP contribution is -2.17. The van der Waals surface area contributed by atoms with Gasteiger partial charge in [-0.1, -0.05) is 24.3 Å². The number of aromatic nitrogens is 1. The number of primary amides is 1. The molecular weight excluding hydrogens is 371 g/mol. The zero-order chi connectivity index (χ0) is 21.0. The summed E-state index contributed by atoms with van der Waals surface area (Å²) in [6.07, 6.45) is 0.729. The lowest BCUT2D eigenvalue weighted by atomic mass is 10.1. The Labute approximate surface area is 168 Å². The molecule has 0 aliphatic rings. The zero-order valence-corrected chi connectivity index (χ0v) is 16.4. The number of Topliss-reactive ketones (excluding diaryl/α,β-unsaturated/α-hetero) is 1. The largest absolute Gasteiger partial charge is 0.485 e. The van der Waals surface area contributed by atoms with Gasteiger partial charge in [0.25, 0.3) is 5.91 Å². The fraction of sp³-hybridized carbons (Fsp3) is 0.217. The van der Waals surface area contributed by atoms with Crippen molar-refractivity contribution in [2.24, 2.45) is 5.73 Å². The summed E-state index contributed by atoms with van der Waals surface area (Å²) in [4.78, 5) is 24.2. The molecule has 0 saturated carbocycles. The van der Waals surface area contributed by atoms with E-state index in [1.165, 1.54) is 12.1 Å². The van der Waals surface area contributed by atoms with Gasteiger partial charge in [-0.3, -0.25) is 9.59 Å². The molecule has 0 unspecified atom stereocenters. The van der Waals surface area contributed by atoms with Crippen LogP contribution in [0, 0.1) is 19.7 Å². The minimum Gasteiger partial charge on any atom is -0.485 e. The summed E-state index contributed by atoms with van der Waals surface area (Å²) in [5.74, 6) is -0.747. The number of amides is 1. The van der Waals surface area contributed by atoms with Crippen LogP contribution in [0.5, 0.6) is 5.75 Å². The van der Waals surface area contributed by atoms with Gasteiger partial charge in [-0.25, -0.2) is 4.39 Å². The molecule has 0 saturated heterocycles. The fourth-order valence-electron chi connectivity index (χ4n) is 3.34. The maximum Gasteiger partial charge on any atom is 0.252 e. The highest BCUT2D eigenvalue weighted by Gasteiger charge is 2.17. The molecule has 2 aromatic carbocycles. The van der Waals surface area contributed by atoms with E-state index in [2.05, 4.69) is 4.57 Å². The van der Waals surface area contributed by atoms with Crippen LogP contribution in [0.25, 0.3) is 0 Å². The molecule has 150 valence electrons. The summed E-state index contributed by atoms with van der Waals surface area (Å²) in [5.41, 5.74) is 9.00. The molecule has 0 bridgehead atoms. The van der Waals surface area contributed by atoms with Crippen LogP contribution in [-0.2, 0) is 13.0 Å². The van der Waals surface area contributed by atoms with Crippen molar-refractivity contribution >= 4 is 11.7 Å². The normalized spacial score (nSPS) is 10.7. The van der Waals surface area contributed by atoms with E-state index in [4.69, 9.17) is 10.5 Å². The SMILES string of the molecule is Cc1cc(C(=O)COc2ccccc2C(N)=O)c(C)n1CCc1ccc(F)cc1. The van der Waals surface area contributed by atoms with Crippen LogP contribution in [0.1, 0.15) is 37.7 Å². The molecule has 0 aliphatic heterocycles. The Morgan fingerprint density at radius 3 is 2.41 bits per heavy atom. The van der Waals surface area contributed by atoms with E-state index in [0.717, 1.165) is 23.4 Å². The minimum absolute atomic E-state index is 0.176. The van der Waals surface area contributed by atoms with Crippen LogP contribution in [0.2, 0.25) is 0 Å². The van der Waals surface area contributed by atoms with Crippen LogP contribution in [-0.4, -0.2) is 22.9 Å². The summed E-state index contributed by atoms with van der Waals surface area (Å²) in [6.45, 7) is 4.33. The van der Waals surface area contributed by atoms with Crippen molar-refractivity contribution in [2.75, 3.05) is 6.61 Å². The lowest BCUT2D eigenvalue weighted by Gasteiger charge is -2.11. The maximum absolute atomic E-state index is 13.1. The van der Waals surface area contributed by atoms with Gasteiger partial charge >= 0.3 is 0 Å². The van der Waals surface area contributed by atoms with Crippen molar-refractivity contribution in [3.8, 4) is 5.75 Å². The summed E-state index contributed by atoms with van der Waals surface area (Å²) < 4.78 is 20.7. The van der Waals surface area contributed by atoms with Gasteiger partial charge in [0.15, 0.2) is 6.61 Å². The summed E-state index contributed by atoms with van der Waals surface area (Å²) >= 11 is 0.